The van der Waals surface area contributed by atoms with Gasteiger partial charge in [0.05, 0.1) is 24.0 Å². The number of allylic oxidation sites excluding steroid dienone is 1. The highest BCUT2D eigenvalue weighted by atomic mass is 16.5. The number of carbonyl (C=O) groups is 2. The van der Waals surface area contributed by atoms with Crippen molar-refractivity contribution in [3.8, 4) is 0 Å². The van der Waals surface area contributed by atoms with Gasteiger partial charge in [-0.3, -0.25) is 9.59 Å². The fourth-order valence-corrected chi connectivity index (χ4v) is 5.70. The molecule has 0 bridgehead atoms. The molecule has 1 aromatic heterocycles. The largest absolute Gasteiger partial charge is 0.457 e. The van der Waals surface area contributed by atoms with Gasteiger partial charge in [-0.05, 0) is 55.2 Å². The summed E-state index contributed by atoms with van der Waals surface area (Å²) in [4.78, 5) is 30.7. The van der Waals surface area contributed by atoms with Gasteiger partial charge in [-0.2, -0.15) is 0 Å². The Bertz CT molecular complexity index is 1160. The van der Waals surface area contributed by atoms with Crippen molar-refractivity contribution in [2.24, 2.45) is 29.1 Å². The number of cyclic esters (lactones) is 1. The van der Waals surface area contributed by atoms with E-state index in [2.05, 4.69) is 18.0 Å². The molecule has 0 spiro atoms. The summed E-state index contributed by atoms with van der Waals surface area (Å²) in [5, 5.41) is 21.9. The van der Waals surface area contributed by atoms with E-state index < -0.39 is 35.6 Å². The molecular weight excluding hydrogens is 458 g/mol. The predicted octanol–water partition coefficient (Wildman–Crippen LogP) is 5.08. The lowest BCUT2D eigenvalue weighted by molar-refractivity contribution is -0.155. The summed E-state index contributed by atoms with van der Waals surface area (Å²) in [7, 11) is 0. The summed E-state index contributed by atoms with van der Waals surface area (Å²) in [6.45, 7) is 10.9. The number of benzene rings is 1. The molecule has 7 heteroatoms. The van der Waals surface area contributed by atoms with E-state index in [0.717, 1.165) is 18.4 Å². The lowest BCUT2D eigenvalue weighted by atomic mass is 9.72. The van der Waals surface area contributed by atoms with E-state index in [-0.39, 0.29) is 18.1 Å². The Morgan fingerprint density at radius 2 is 1.81 bits per heavy atom. The van der Waals surface area contributed by atoms with E-state index in [1.807, 2.05) is 25.1 Å². The van der Waals surface area contributed by atoms with Crippen molar-refractivity contribution in [2.75, 3.05) is 0 Å². The Labute approximate surface area is 212 Å². The molecule has 1 fully saturated rings. The van der Waals surface area contributed by atoms with Crippen molar-refractivity contribution in [1.29, 1.82) is 0 Å². The minimum Gasteiger partial charge on any atom is -0.457 e. The number of ketones is 1. The van der Waals surface area contributed by atoms with Gasteiger partial charge < -0.3 is 19.4 Å². The molecule has 2 N–H and O–H groups in total. The van der Waals surface area contributed by atoms with Crippen LogP contribution in [0.15, 0.2) is 34.3 Å². The first kappa shape index (κ1) is 26.6. The van der Waals surface area contributed by atoms with Crippen LogP contribution in [-0.2, 0) is 14.3 Å². The van der Waals surface area contributed by atoms with Gasteiger partial charge in [-0.15, -0.1) is 0 Å². The minimum absolute atomic E-state index is 0.0158. The number of aryl methyl sites for hydroxylation is 1. The summed E-state index contributed by atoms with van der Waals surface area (Å²) in [6, 6.07) is 5.57. The highest BCUT2D eigenvalue weighted by Crippen LogP contribution is 2.50. The first-order valence-corrected chi connectivity index (χ1v) is 13.0. The van der Waals surface area contributed by atoms with Crippen LogP contribution in [0.5, 0.6) is 0 Å². The summed E-state index contributed by atoms with van der Waals surface area (Å²) in [5.74, 6) is -0.0795. The van der Waals surface area contributed by atoms with Gasteiger partial charge in [0.15, 0.2) is 11.5 Å². The molecule has 1 aromatic carbocycles. The van der Waals surface area contributed by atoms with Gasteiger partial charge in [-0.25, -0.2) is 4.98 Å². The van der Waals surface area contributed by atoms with Crippen LogP contribution in [0.1, 0.15) is 77.9 Å². The van der Waals surface area contributed by atoms with E-state index in [9.17, 15) is 19.8 Å². The number of hydrogen-bond acceptors (Lipinski definition) is 7. The van der Waals surface area contributed by atoms with Crippen LogP contribution in [0.4, 0.5) is 0 Å². The smallest absolute Gasteiger partial charge is 0.309 e. The number of carbonyl (C=O) groups excluding carboxylic acids is 2. The molecule has 1 aliphatic carbocycles. The van der Waals surface area contributed by atoms with Crippen molar-refractivity contribution >= 4 is 22.9 Å². The van der Waals surface area contributed by atoms with E-state index in [1.54, 1.807) is 27.7 Å². The molecule has 0 saturated heterocycles. The molecule has 7 atom stereocenters. The van der Waals surface area contributed by atoms with Crippen molar-refractivity contribution < 1.29 is 29.0 Å². The van der Waals surface area contributed by atoms with E-state index in [1.165, 1.54) is 5.57 Å². The maximum atomic E-state index is 13.3. The average molecular weight is 498 g/mol. The molecule has 7 nitrogen and oxygen atoms in total. The Morgan fingerprint density at radius 1 is 1.08 bits per heavy atom. The number of ether oxygens (including phenoxy) is 1. The van der Waals surface area contributed by atoms with Gasteiger partial charge in [0.1, 0.15) is 17.4 Å². The second-order valence-corrected chi connectivity index (χ2v) is 11.5. The fourth-order valence-electron chi connectivity index (χ4n) is 5.70. The topological polar surface area (TPSA) is 110 Å². The van der Waals surface area contributed by atoms with Crippen LogP contribution in [0.3, 0.4) is 0 Å². The number of fused-ring (bicyclic) bond motifs is 2. The van der Waals surface area contributed by atoms with Crippen molar-refractivity contribution in [3.05, 3.63) is 41.3 Å². The van der Waals surface area contributed by atoms with Crippen molar-refractivity contribution in [3.63, 3.8) is 0 Å². The number of aliphatic hydroxyl groups is 2. The Hall–Kier alpha value is -2.51. The molecular formula is C29H39NO6. The molecule has 2 aliphatic rings. The lowest BCUT2D eigenvalue weighted by Gasteiger charge is -2.34. The van der Waals surface area contributed by atoms with Gasteiger partial charge in [0, 0.05) is 19.3 Å². The molecule has 2 heterocycles. The second kappa shape index (κ2) is 10.1. The van der Waals surface area contributed by atoms with Gasteiger partial charge in [0.2, 0.25) is 0 Å². The maximum Gasteiger partial charge on any atom is 0.309 e. The molecule has 4 rings (SSSR count). The Kier molecular flexibility index (Phi) is 7.45. The highest BCUT2D eigenvalue weighted by molar-refractivity contribution is 5.88. The summed E-state index contributed by atoms with van der Waals surface area (Å²) < 4.78 is 11.5. The second-order valence-electron chi connectivity index (χ2n) is 11.5. The number of esters is 1. The molecule has 196 valence electrons. The molecule has 1 saturated carbocycles. The van der Waals surface area contributed by atoms with Gasteiger partial charge in [0.25, 0.3) is 0 Å². The summed E-state index contributed by atoms with van der Waals surface area (Å²) in [5.41, 5.74) is 2.17. The third kappa shape index (κ3) is 5.42. The number of nitrogens with zero attached hydrogens (tertiary/aromatic N) is 1. The number of aliphatic hydroxyl groups excluding tert-OH is 2. The fraction of sp³-hybridized carbons (Fsp3) is 0.621. The van der Waals surface area contributed by atoms with Crippen LogP contribution in [0.2, 0.25) is 0 Å². The van der Waals surface area contributed by atoms with Crippen LogP contribution < -0.4 is 0 Å². The van der Waals surface area contributed by atoms with E-state index in [0.29, 0.717) is 35.2 Å². The molecule has 2 unspecified atom stereocenters. The zero-order valence-electron chi connectivity index (χ0n) is 22.2. The zero-order chi connectivity index (χ0) is 26.4. The number of Topliss-reactive ketones (excluding diaryl/α,β-unsaturated/α-hetero) is 1. The minimum atomic E-state index is -1.23. The zero-order valence-corrected chi connectivity index (χ0v) is 22.2. The first-order chi connectivity index (χ1) is 16.9. The standard InChI is InChI=1S/C29H39NO6/c1-15-7-9-23(19-8-10-24-22(13-19)30-18(4)35-24)36-26(32)14-25(31)29(5,6)28(34)17(3)27(33)16(2)21-12-20(21)11-15/h7-8,10,13,16-17,20-21,23,25,27,31,33H,9,11-12,14H2,1-6H3/b15-7-/t16-,17-,20?,21?,23-,25-,27+/m1/s1. The molecule has 2 aromatic rings. The average Bonchev–Trinajstić information content (AvgIpc) is 3.48. The predicted molar refractivity (Wildman–Crippen MR) is 136 cm³/mol. The molecule has 36 heavy (non-hydrogen) atoms. The lowest BCUT2D eigenvalue weighted by Crippen LogP contribution is -2.45. The van der Waals surface area contributed by atoms with E-state index in [4.69, 9.17) is 9.15 Å². The molecule has 1 aliphatic heterocycles. The number of hydrogen-bond donors (Lipinski definition) is 2. The number of rotatable bonds is 1. The van der Waals surface area contributed by atoms with Gasteiger partial charge >= 0.3 is 5.97 Å². The number of oxazole rings is 1. The molecule has 0 radical (unpaired) electrons. The quantitative estimate of drug-likeness (QED) is 0.418. The van der Waals surface area contributed by atoms with E-state index >= 15 is 0 Å². The van der Waals surface area contributed by atoms with Crippen LogP contribution in [-0.4, -0.2) is 39.2 Å². The first-order valence-electron chi connectivity index (χ1n) is 13.0. The monoisotopic (exact) mass is 497 g/mol. The third-order valence-electron chi connectivity index (χ3n) is 8.37. The Balaban J connectivity index is 1.64. The third-order valence-corrected chi connectivity index (χ3v) is 8.37. The summed E-state index contributed by atoms with van der Waals surface area (Å²) >= 11 is 0. The maximum absolute atomic E-state index is 13.3. The highest BCUT2D eigenvalue weighted by Gasteiger charge is 2.47. The van der Waals surface area contributed by atoms with Crippen molar-refractivity contribution in [1.82, 2.24) is 4.98 Å². The van der Waals surface area contributed by atoms with Crippen LogP contribution >= 0.6 is 0 Å². The van der Waals surface area contributed by atoms with Crippen LogP contribution in [0.25, 0.3) is 11.1 Å². The molecule has 0 amide bonds. The summed E-state index contributed by atoms with van der Waals surface area (Å²) in [6.07, 6.45) is 1.66. The van der Waals surface area contributed by atoms with Gasteiger partial charge in [-0.1, -0.05) is 45.4 Å². The number of aromatic nitrogens is 1. The van der Waals surface area contributed by atoms with Crippen molar-refractivity contribution in [2.45, 2.75) is 85.5 Å². The SMILES string of the molecule is C/C1=C/C[C@H](c2ccc3oc(C)nc3c2)OC(=O)C[C@@H](O)C(C)(C)C(=O)[C@H](C)[C@@H](O)[C@H](C)C2CC2C1. The van der Waals surface area contributed by atoms with Crippen LogP contribution in [0, 0.1) is 36.0 Å². The normalized spacial score (nSPS) is 35.6. The Morgan fingerprint density at radius 3 is 2.53 bits per heavy atom.